The van der Waals surface area contributed by atoms with E-state index in [9.17, 15) is 8.42 Å². The zero-order chi connectivity index (χ0) is 12.8. The number of aromatic nitrogens is 2. The Morgan fingerprint density at radius 3 is 2.83 bits per heavy atom. The molecule has 0 bridgehead atoms. The van der Waals surface area contributed by atoms with Crippen LogP contribution in [0.1, 0.15) is 41.5 Å². The van der Waals surface area contributed by atoms with Gasteiger partial charge in [-0.05, 0) is 26.3 Å². The fraction of sp³-hybridized carbons (Fsp3) is 0.667. The molecule has 1 unspecified atom stereocenters. The van der Waals surface area contributed by atoms with Crippen LogP contribution in [0.3, 0.4) is 0 Å². The Balaban J connectivity index is 1.97. The van der Waals surface area contributed by atoms with Gasteiger partial charge in [0.2, 0.25) is 0 Å². The van der Waals surface area contributed by atoms with Gasteiger partial charge >= 0.3 is 0 Å². The van der Waals surface area contributed by atoms with E-state index in [1.54, 1.807) is 0 Å². The molecule has 3 rings (SSSR count). The van der Waals surface area contributed by atoms with Gasteiger partial charge in [0.1, 0.15) is 5.82 Å². The number of hydrogen-bond donors (Lipinski definition) is 1. The van der Waals surface area contributed by atoms with Crippen LogP contribution in [0.4, 0.5) is 0 Å². The highest BCUT2D eigenvalue weighted by atomic mass is 32.2. The molecule has 6 heteroatoms. The van der Waals surface area contributed by atoms with E-state index in [2.05, 4.69) is 15.3 Å². The molecule has 1 aromatic rings. The van der Waals surface area contributed by atoms with E-state index in [4.69, 9.17) is 0 Å². The van der Waals surface area contributed by atoms with Crippen LogP contribution in [-0.2, 0) is 21.3 Å². The molecule has 0 saturated carbocycles. The molecule has 0 radical (unpaired) electrons. The highest BCUT2D eigenvalue weighted by Gasteiger charge is 2.30. The number of aryl methyl sites for hydroxylation is 1. The summed E-state index contributed by atoms with van der Waals surface area (Å²) in [4.78, 5) is 9.02. The lowest BCUT2D eigenvalue weighted by molar-refractivity contribution is 0.445. The van der Waals surface area contributed by atoms with Crippen molar-refractivity contribution in [3.8, 4) is 0 Å². The van der Waals surface area contributed by atoms with Crippen LogP contribution >= 0.6 is 0 Å². The van der Waals surface area contributed by atoms with Crippen molar-refractivity contribution in [2.45, 2.75) is 37.2 Å². The van der Waals surface area contributed by atoms with Gasteiger partial charge in [0.05, 0.1) is 17.2 Å². The largest absolute Gasteiger partial charge is 0.316 e. The molecule has 0 aromatic carbocycles. The fourth-order valence-corrected chi connectivity index (χ4v) is 4.29. The second-order valence-electron chi connectivity index (χ2n) is 5.17. The molecular weight excluding hydrogens is 250 g/mol. The molecule has 1 aromatic heterocycles. The molecular formula is C12H17N3O2S. The van der Waals surface area contributed by atoms with Crippen molar-refractivity contribution in [2.75, 3.05) is 13.1 Å². The highest BCUT2D eigenvalue weighted by Crippen LogP contribution is 2.28. The van der Waals surface area contributed by atoms with Crippen molar-refractivity contribution in [1.29, 1.82) is 0 Å². The summed E-state index contributed by atoms with van der Waals surface area (Å²) < 4.78 is 23.3. The smallest absolute Gasteiger partial charge is 0.160 e. The molecule has 98 valence electrons. The summed E-state index contributed by atoms with van der Waals surface area (Å²) in [7, 11) is -2.99. The summed E-state index contributed by atoms with van der Waals surface area (Å²) in [5.41, 5.74) is 2.38. The lowest BCUT2D eigenvalue weighted by Crippen LogP contribution is -2.29. The van der Waals surface area contributed by atoms with Crippen molar-refractivity contribution >= 4 is 9.84 Å². The van der Waals surface area contributed by atoms with Gasteiger partial charge in [0.15, 0.2) is 9.84 Å². The molecule has 2 aliphatic heterocycles. The first-order valence-corrected chi connectivity index (χ1v) is 8.15. The van der Waals surface area contributed by atoms with Crippen molar-refractivity contribution < 1.29 is 8.42 Å². The van der Waals surface area contributed by atoms with Crippen molar-refractivity contribution in [1.82, 2.24) is 15.3 Å². The van der Waals surface area contributed by atoms with Crippen LogP contribution in [0.5, 0.6) is 0 Å². The lowest BCUT2D eigenvalue weighted by atomic mass is 9.98. The normalized spacial score (nSPS) is 25.9. The molecule has 0 amide bonds. The van der Waals surface area contributed by atoms with Crippen LogP contribution in [0, 0.1) is 6.92 Å². The van der Waals surface area contributed by atoms with Crippen LogP contribution in [0.15, 0.2) is 0 Å². The van der Waals surface area contributed by atoms with E-state index in [0.29, 0.717) is 5.92 Å². The number of piperidine rings is 1. The Hall–Kier alpha value is -1.01. The third-order valence-corrected chi connectivity index (χ3v) is 5.14. The topological polar surface area (TPSA) is 72.0 Å². The van der Waals surface area contributed by atoms with Gasteiger partial charge in [-0.3, -0.25) is 0 Å². The lowest BCUT2D eigenvalue weighted by Gasteiger charge is -2.22. The van der Waals surface area contributed by atoms with Crippen molar-refractivity contribution in [3.63, 3.8) is 0 Å². The van der Waals surface area contributed by atoms with Gasteiger partial charge in [-0.15, -0.1) is 0 Å². The van der Waals surface area contributed by atoms with Gasteiger partial charge in [-0.2, -0.15) is 0 Å². The van der Waals surface area contributed by atoms with Crippen LogP contribution in [-0.4, -0.2) is 31.5 Å². The van der Waals surface area contributed by atoms with E-state index in [1.165, 1.54) is 0 Å². The second kappa shape index (κ2) is 4.28. The zero-order valence-corrected chi connectivity index (χ0v) is 11.3. The number of fused-ring (bicyclic) bond motifs is 1. The van der Waals surface area contributed by atoms with E-state index in [1.807, 2.05) is 6.92 Å². The van der Waals surface area contributed by atoms with Crippen LogP contribution in [0.2, 0.25) is 0 Å². The maximum Gasteiger partial charge on any atom is 0.160 e. The van der Waals surface area contributed by atoms with E-state index in [-0.39, 0.29) is 11.5 Å². The molecule has 1 N–H and O–H groups in total. The van der Waals surface area contributed by atoms with Gasteiger partial charge in [-0.25, -0.2) is 18.4 Å². The molecule has 1 atom stereocenters. The number of hydrogen-bond acceptors (Lipinski definition) is 5. The molecule has 0 aliphatic carbocycles. The van der Waals surface area contributed by atoms with E-state index >= 15 is 0 Å². The zero-order valence-electron chi connectivity index (χ0n) is 10.4. The third-order valence-electron chi connectivity index (χ3n) is 3.70. The Morgan fingerprint density at radius 1 is 1.28 bits per heavy atom. The standard InChI is InChI=1S/C12H17N3O2S/c1-8-10-6-18(16,17)7-11(10)15-12(14-8)9-3-2-4-13-5-9/h9,13H,2-7H2,1H3. The third kappa shape index (κ3) is 2.14. The molecule has 1 fully saturated rings. The van der Waals surface area contributed by atoms with Gasteiger partial charge in [0.25, 0.3) is 0 Å². The summed E-state index contributed by atoms with van der Waals surface area (Å²) in [5.74, 6) is 1.33. The summed E-state index contributed by atoms with van der Waals surface area (Å²) in [6.45, 7) is 3.83. The highest BCUT2D eigenvalue weighted by molar-refractivity contribution is 7.90. The number of rotatable bonds is 1. The van der Waals surface area contributed by atoms with Crippen LogP contribution in [0.25, 0.3) is 0 Å². The first-order chi connectivity index (χ1) is 8.55. The predicted molar refractivity (Wildman–Crippen MR) is 67.9 cm³/mol. The average molecular weight is 267 g/mol. The predicted octanol–water partition coefficient (Wildman–Crippen LogP) is 0.680. The van der Waals surface area contributed by atoms with Crippen molar-refractivity contribution in [2.24, 2.45) is 0 Å². The number of sulfone groups is 1. The fourth-order valence-electron chi connectivity index (χ4n) is 2.72. The molecule has 3 heterocycles. The maximum absolute atomic E-state index is 11.6. The summed E-state index contributed by atoms with van der Waals surface area (Å²) in [5, 5.41) is 3.34. The Bertz CT molecular complexity index is 577. The Morgan fingerprint density at radius 2 is 2.11 bits per heavy atom. The molecule has 0 spiro atoms. The number of nitrogens with zero attached hydrogens (tertiary/aromatic N) is 2. The minimum atomic E-state index is -2.99. The van der Waals surface area contributed by atoms with Gasteiger partial charge in [0, 0.05) is 23.7 Å². The van der Waals surface area contributed by atoms with Gasteiger partial charge in [-0.1, -0.05) is 0 Å². The Kier molecular flexibility index (Phi) is 2.86. The monoisotopic (exact) mass is 267 g/mol. The summed E-state index contributed by atoms with van der Waals surface area (Å²) in [6, 6.07) is 0. The Labute approximate surface area is 107 Å². The van der Waals surface area contributed by atoms with Crippen LogP contribution < -0.4 is 5.32 Å². The minimum absolute atomic E-state index is 0.0822. The second-order valence-corrected chi connectivity index (χ2v) is 7.23. The maximum atomic E-state index is 11.6. The minimum Gasteiger partial charge on any atom is -0.316 e. The molecule has 1 saturated heterocycles. The molecule has 5 nitrogen and oxygen atoms in total. The summed E-state index contributed by atoms with van der Waals surface area (Å²) >= 11 is 0. The van der Waals surface area contributed by atoms with Crippen molar-refractivity contribution in [3.05, 3.63) is 22.8 Å². The molecule has 18 heavy (non-hydrogen) atoms. The first-order valence-electron chi connectivity index (χ1n) is 6.32. The van der Waals surface area contributed by atoms with E-state index in [0.717, 1.165) is 48.7 Å². The first kappa shape index (κ1) is 12.0. The average Bonchev–Trinajstić information content (AvgIpc) is 2.65. The molecule has 2 aliphatic rings. The summed E-state index contributed by atoms with van der Waals surface area (Å²) in [6.07, 6.45) is 2.21. The number of nitrogens with one attached hydrogen (secondary N) is 1. The SMILES string of the molecule is Cc1nc(C2CCCNC2)nc2c1CS(=O)(=O)C2. The quantitative estimate of drug-likeness (QED) is 0.810. The van der Waals surface area contributed by atoms with E-state index < -0.39 is 9.84 Å². The van der Waals surface area contributed by atoms with Gasteiger partial charge < -0.3 is 5.32 Å².